The smallest absolute Gasteiger partial charge is 0.329 e. The average Bonchev–Trinajstić information content (AvgIpc) is 3.29. The Hall–Kier alpha value is -3.27. The molecule has 1 aliphatic rings. The molecule has 1 aromatic heterocycles. The number of thiophene rings is 1. The molecule has 31 heavy (non-hydrogen) atoms. The van der Waals surface area contributed by atoms with Crippen LogP contribution in [0.25, 0.3) is 0 Å². The van der Waals surface area contributed by atoms with Gasteiger partial charge in [0, 0.05) is 24.4 Å². The van der Waals surface area contributed by atoms with Crippen LogP contribution in [0.5, 0.6) is 0 Å². The number of nitrogens with zero attached hydrogens (tertiary/aromatic N) is 2. The highest BCUT2D eigenvalue weighted by Crippen LogP contribution is 2.30. The number of rotatable bonds is 7. The summed E-state index contributed by atoms with van der Waals surface area (Å²) >= 11 is 1.26. The van der Waals surface area contributed by atoms with E-state index in [4.69, 9.17) is 4.74 Å². The Kier molecular flexibility index (Phi) is 7.01. The molecule has 10 heteroatoms. The maximum absolute atomic E-state index is 12.7. The number of benzene rings is 1. The minimum absolute atomic E-state index is 0.0271. The molecule has 1 aliphatic heterocycles. The summed E-state index contributed by atoms with van der Waals surface area (Å²) < 4.78 is 5.23. The van der Waals surface area contributed by atoms with Crippen LogP contribution in [0.15, 0.2) is 35.7 Å². The van der Waals surface area contributed by atoms with Crippen molar-refractivity contribution in [1.82, 2.24) is 5.32 Å². The van der Waals surface area contributed by atoms with E-state index in [1.54, 1.807) is 37.4 Å². The lowest BCUT2D eigenvalue weighted by Gasteiger charge is -2.29. The Balaban J connectivity index is 1.64. The van der Waals surface area contributed by atoms with Crippen LogP contribution >= 0.6 is 11.3 Å². The summed E-state index contributed by atoms with van der Waals surface area (Å²) in [6, 6.07) is 6.88. The zero-order chi connectivity index (χ0) is 22.5. The van der Waals surface area contributed by atoms with Gasteiger partial charge in [-0.1, -0.05) is 19.9 Å². The zero-order valence-corrected chi connectivity index (χ0v) is 18.0. The summed E-state index contributed by atoms with van der Waals surface area (Å²) in [4.78, 5) is 50.0. The first-order valence-electron chi connectivity index (χ1n) is 9.86. The number of nitrogens with one attached hydrogen (secondary N) is 1. The van der Waals surface area contributed by atoms with Crippen molar-refractivity contribution in [3.05, 3.63) is 56.3 Å². The number of hydrogen-bond donors (Lipinski definition) is 1. The highest BCUT2D eigenvalue weighted by molar-refractivity contribution is 7.12. The lowest BCUT2D eigenvalue weighted by atomic mass is 10.0. The van der Waals surface area contributed by atoms with E-state index < -0.39 is 29.4 Å². The lowest BCUT2D eigenvalue weighted by molar-refractivity contribution is -0.384. The fourth-order valence-electron chi connectivity index (χ4n) is 3.37. The van der Waals surface area contributed by atoms with Crippen molar-refractivity contribution in [3.8, 4) is 0 Å². The lowest BCUT2D eigenvalue weighted by Crippen LogP contribution is -2.46. The van der Waals surface area contributed by atoms with Gasteiger partial charge in [-0.3, -0.25) is 19.7 Å². The van der Waals surface area contributed by atoms with Crippen molar-refractivity contribution in [2.45, 2.75) is 32.7 Å². The Morgan fingerprint density at radius 2 is 2.06 bits per heavy atom. The van der Waals surface area contributed by atoms with Crippen molar-refractivity contribution in [2.75, 3.05) is 18.1 Å². The Morgan fingerprint density at radius 1 is 1.29 bits per heavy atom. The van der Waals surface area contributed by atoms with Crippen LogP contribution in [-0.2, 0) is 20.7 Å². The summed E-state index contributed by atoms with van der Waals surface area (Å²) in [7, 11) is 0. The van der Waals surface area contributed by atoms with Crippen molar-refractivity contribution >= 4 is 40.5 Å². The number of nitro benzene ring substituents is 1. The predicted octanol–water partition coefficient (Wildman–Crippen LogP) is 2.93. The number of hydrogen-bond acceptors (Lipinski definition) is 7. The first kappa shape index (κ1) is 22.4. The topological polar surface area (TPSA) is 119 Å². The highest BCUT2D eigenvalue weighted by atomic mass is 32.1. The SMILES string of the molecule is CC(C)C(NC(=O)c1cccs1)C(=O)OCC(=O)N1CCCc2cc([N+](=O)[O-])ccc21. The number of aryl methyl sites for hydroxylation is 1. The van der Waals surface area contributed by atoms with E-state index in [1.807, 2.05) is 0 Å². The average molecular weight is 445 g/mol. The van der Waals surface area contributed by atoms with E-state index in [-0.39, 0.29) is 17.5 Å². The molecule has 0 spiro atoms. The van der Waals surface area contributed by atoms with Crippen molar-refractivity contribution in [2.24, 2.45) is 5.92 Å². The number of nitro groups is 1. The second-order valence-electron chi connectivity index (χ2n) is 7.50. The number of carbonyl (C=O) groups is 3. The van der Waals surface area contributed by atoms with Gasteiger partial charge in [0.1, 0.15) is 6.04 Å². The summed E-state index contributed by atoms with van der Waals surface area (Å²) in [5, 5.41) is 15.4. The molecule has 2 amide bonds. The fourth-order valence-corrected chi connectivity index (χ4v) is 4.00. The normalized spacial score (nSPS) is 14.0. The molecular weight excluding hydrogens is 422 g/mol. The van der Waals surface area contributed by atoms with E-state index in [1.165, 1.54) is 28.4 Å². The van der Waals surface area contributed by atoms with Crippen LogP contribution in [0.3, 0.4) is 0 Å². The molecule has 9 nitrogen and oxygen atoms in total. The van der Waals surface area contributed by atoms with Gasteiger partial charge in [0.15, 0.2) is 6.61 Å². The number of esters is 1. The molecule has 164 valence electrons. The van der Waals surface area contributed by atoms with Gasteiger partial charge >= 0.3 is 5.97 Å². The molecule has 1 unspecified atom stereocenters. The summed E-state index contributed by atoms with van der Waals surface area (Å²) in [5.74, 6) is -1.71. The largest absolute Gasteiger partial charge is 0.454 e. The van der Waals surface area contributed by atoms with E-state index >= 15 is 0 Å². The number of non-ortho nitro benzene ring substituents is 1. The van der Waals surface area contributed by atoms with Gasteiger partial charge in [0.05, 0.1) is 9.80 Å². The van der Waals surface area contributed by atoms with Gasteiger partial charge in [0.2, 0.25) is 0 Å². The number of amides is 2. The predicted molar refractivity (Wildman–Crippen MR) is 115 cm³/mol. The van der Waals surface area contributed by atoms with Crippen molar-refractivity contribution in [1.29, 1.82) is 0 Å². The molecule has 3 rings (SSSR count). The molecule has 1 N–H and O–H groups in total. The van der Waals surface area contributed by atoms with E-state index in [0.717, 1.165) is 0 Å². The van der Waals surface area contributed by atoms with Gasteiger partial charge in [0.25, 0.3) is 17.5 Å². The molecule has 0 saturated heterocycles. The number of fused-ring (bicyclic) bond motifs is 1. The van der Waals surface area contributed by atoms with Crippen LogP contribution in [-0.4, -0.2) is 41.9 Å². The second kappa shape index (κ2) is 9.69. The Labute approximate surface area is 183 Å². The molecule has 2 aromatic rings. The monoisotopic (exact) mass is 445 g/mol. The summed E-state index contributed by atoms with van der Waals surface area (Å²) in [5.41, 5.74) is 1.27. The van der Waals surface area contributed by atoms with Crippen LogP contribution in [0.4, 0.5) is 11.4 Å². The van der Waals surface area contributed by atoms with Crippen LogP contribution < -0.4 is 10.2 Å². The maximum Gasteiger partial charge on any atom is 0.329 e. The van der Waals surface area contributed by atoms with E-state index in [2.05, 4.69) is 5.32 Å². The molecule has 0 bridgehead atoms. The first-order valence-corrected chi connectivity index (χ1v) is 10.7. The summed E-state index contributed by atoms with van der Waals surface area (Å²) in [6.07, 6.45) is 1.28. The molecule has 0 saturated carbocycles. The minimum Gasteiger partial charge on any atom is -0.454 e. The zero-order valence-electron chi connectivity index (χ0n) is 17.2. The van der Waals surface area contributed by atoms with Crippen molar-refractivity contribution < 1.29 is 24.0 Å². The molecule has 0 aliphatic carbocycles. The first-order chi connectivity index (χ1) is 14.8. The molecule has 1 aromatic carbocycles. The third-order valence-corrected chi connectivity index (χ3v) is 5.85. The van der Waals surface area contributed by atoms with Crippen LogP contribution in [0.2, 0.25) is 0 Å². The standard InChI is InChI=1S/C21H23N3O6S/c1-13(2)19(22-20(26)17-6-4-10-31-17)21(27)30-12-18(25)23-9-3-5-14-11-15(24(28)29)7-8-16(14)23/h4,6-8,10-11,13,19H,3,5,9,12H2,1-2H3,(H,22,26). The van der Waals surface area contributed by atoms with Crippen molar-refractivity contribution in [3.63, 3.8) is 0 Å². The molecule has 0 radical (unpaired) electrons. The third-order valence-electron chi connectivity index (χ3n) is 4.98. The van der Waals surface area contributed by atoms with Gasteiger partial charge in [-0.15, -0.1) is 11.3 Å². The molecule has 0 fully saturated rings. The van der Waals surface area contributed by atoms with Gasteiger partial charge in [-0.05, 0) is 41.8 Å². The maximum atomic E-state index is 12.7. The molecular formula is C21H23N3O6S. The Bertz CT molecular complexity index is 989. The fraction of sp³-hybridized carbons (Fsp3) is 0.381. The van der Waals surface area contributed by atoms with Crippen LogP contribution in [0, 0.1) is 16.0 Å². The molecule has 2 heterocycles. The van der Waals surface area contributed by atoms with E-state index in [9.17, 15) is 24.5 Å². The van der Waals surface area contributed by atoms with Gasteiger partial charge in [-0.2, -0.15) is 0 Å². The number of ether oxygens (including phenoxy) is 1. The summed E-state index contributed by atoms with van der Waals surface area (Å²) in [6.45, 7) is 3.50. The molecule has 1 atom stereocenters. The minimum atomic E-state index is -0.890. The van der Waals surface area contributed by atoms with Gasteiger partial charge in [-0.25, -0.2) is 4.79 Å². The van der Waals surface area contributed by atoms with Gasteiger partial charge < -0.3 is 15.0 Å². The highest BCUT2D eigenvalue weighted by Gasteiger charge is 2.29. The van der Waals surface area contributed by atoms with E-state index in [0.29, 0.717) is 35.5 Å². The third kappa shape index (κ3) is 5.26. The number of carbonyl (C=O) groups excluding carboxylic acids is 3. The van der Waals surface area contributed by atoms with Crippen LogP contribution in [0.1, 0.15) is 35.5 Å². The number of anilines is 1. The quantitative estimate of drug-likeness (QED) is 0.398. The second-order valence-corrected chi connectivity index (χ2v) is 8.45. The Morgan fingerprint density at radius 3 is 2.71 bits per heavy atom.